The van der Waals surface area contributed by atoms with Crippen molar-refractivity contribution >= 4 is 5.97 Å². The molecule has 5 heteroatoms. The van der Waals surface area contributed by atoms with E-state index in [9.17, 15) is 4.79 Å². The summed E-state index contributed by atoms with van der Waals surface area (Å²) in [5.74, 6) is -0.0717. The highest BCUT2D eigenvalue weighted by Gasteiger charge is 2.08. The average Bonchev–Trinajstić information content (AvgIpc) is 2.34. The molecule has 0 saturated heterocycles. The number of para-hydroxylation sites is 1. The summed E-state index contributed by atoms with van der Waals surface area (Å²) in [5.41, 5.74) is 1.40. The largest absolute Gasteiger partial charge is 0.481 e. The van der Waals surface area contributed by atoms with Gasteiger partial charge in [0.15, 0.2) is 0 Å². The number of ether oxygens (including phenoxy) is 1. The standard InChI is InChI=1S/C13H12N2O3/c1-9-6-7-12(15-14-9)18-11-5-3-2-4-10(11)8-13(16)17/h2-7H,8H2,1H3,(H,16,17). The maximum absolute atomic E-state index is 10.7. The molecule has 0 aliphatic heterocycles. The number of rotatable bonds is 4. The van der Waals surface area contributed by atoms with Crippen LogP contribution in [0.15, 0.2) is 36.4 Å². The van der Waals surface area contributed by atoms with Gasteiger partial charge in [-0.05, 0) is 19.1 Å². The molecular formula is C13H12N2O3. The lowest BCUT2D eigenvalue weighted by molar-refractivity contribution is -0.136. The van der Waals surface area contributed by atoms with Gasteiger partial charge in [0.1, 0.15) is 5.75 Å². The molecule has 1 heterocycles. The third-order valence-electron chi connectivity index (χ3n) is 2.30. The van der Waals surface area contributed by atoms with Crippen LogP contribution < -0.4 is 4.74 Å². The number of hydrogen-bond acceptors (Lipinski definition) is 4. The minimum absolute atomic E-state index is 0.0878. The van der Waals surface area contributed by atoms with Crippen molar-refractivity contribution in [1.29, 1.82) is 0 Å². The number of aliphatic carboxylic acids is 1. The summed E-state index contributed by atoms with van der Waals surface area (Å²) in [6.45, 7) is 1.83. The summed E-state index contributed by atoms with van der Waals surface area (Å²) in [6, 6.07) is 10.4. The number of carboxylic acid groups (broad SMARTS) is 1. The second-order valence-corrected chi connectivity index (χ2v) is 3.79. The van der Waals surface area contributed by atoms with Gasteiger partial charge in [-0.1, -0.05) is 18.2 Å². The van der Waals surface area contributed by atoms with Gasteiger partial charge >= 0.3 is 5.97 Å². The Bertz CT molecular complexity index is 552. The number of benzene rings is 1. The fourth-order valence-electron chi connectivity index (χ4n) is 1.47. The summed E-state index contributed by atoms with van der Waals surface area (Å²) < 4.78 is 5.53. The molecule has 0 spiro atoms. The van der Waals surface area contributed by atoms with Crippen molar-refractivity contribution in [1.82, 2.24) is 10.2 Å². The molecule has 0 fully saturated rings. The molecule has 0 saturated carbocycles. The lowest BCUT2D eigenvalue weighted by atomic mass is 10.1. The number of nitrogens with zero attached hydrogens (tertiary/aromatic N) is 2. The number of carbonyl (C=O) groups is 1. The minimum atomic E-state index is -0.902. The van der Waals surface area contributed by atoms with Gasteiger partial charge in [-0.3, -0.25) is 4.79 Å². The van der Waals surface area contributed by atoms with E-state index >= 15 is 0 Å². The molecule has 0 aliphatic carbocycles. The van der Waals surface area contributed by atoms with E-state index in [2.05, 4.69) is 10.2 Å². The van der Waals surface area contributed by atoms with Gasteiger partial charge in [0.25, 0.3) is 0 Å². The van der Waals surface area contributed by atoms with Crippen LogP contribution in [-0.2, 0) is 11.2 Å². The quantitative estimate of drug-likeness (QED) is 0.892. The molecule has 1 N–H and O–H groups in total. The van der Waals surface area contributed by atoms with E-state index in [1.165, 1.54) is 0 Å². The third kappa shape index (κ3) is 3.04. The van der Waals surface area contributed by atoms with Crippen LogP contribution in [0.1, 0.15) is 11.3 Å². The van der Waals surface area contributed by atoms with Crippen molar-refractivity contribution in [3.8, 4) is 11.6 Å². The molecule has 5 nitrogen and oxygen atoms in total. The van der Waals surface area contributed by atoms with Crippen molar-refractivity contribution < 1.29 is 14.6 Å². The Balaban J connectivity index is 2.23. The van der Waals surface area contributed by atoms with Crippen LogP contribution in [0.5, 0.6) is 11.6 Å². The van der Waals surface area contributed by atoms with E-state index in [1.807, 2.05) is 6.92 Å². The van der Waals surface area contributed by atoms with Gasteiger partial charge in [0.2, 0.25) is 5.88 Å². The summed E-state index contributed by atoms with van der Waals surface area (Å²) in [4.78, 5) is 10.7. The first-order chi connectivity index (χ1) is 8.65. The van der Waals surface area contributed by atoms with E-state index < -0.39 is 5.97 Å². The van der Waals surface area contributed by atoms with Crippen molar-refractivity contribution in [2.24, 2.45) is 0 Å². The zero-order chi connectivity index (χ0) is 13.0. The fraction of sp³-hybridized carbons (Fsp3) is 0.154. The Morgan fingerprint density at radius 3 is 2.67 bits per heavy atom. The first-order valence-corrected chi connectivity index (χ1v) is 5.43. The highest BCUT2D eigenvalue weighted by Crippen LogP contribution is 2.23. The predicted octanol–water partition coefficient (Wildman–Crippen LogP) is 2.20. The molecule has 2 rings (SSSR count). The molecule has 1 aromatic heterocycles. The topological polar surface area (TPSA) is 72.3 Å². The van der Waals surface area contributed by atoms with Crippen LogP contribution in [0, 0.1) is 6.92 Å². The second-order valence-electron chi connectivity index (χ2n) is 3.79. The van der Waals surface area contributed by atoms with Crippen molar-refractivity contribution in [3.63, 3.8) is 0 Å². The molecule has 0 atom stereocenters. The number of carboxylic acids is 1. The lowest BCUT2D eigenvalue weighted by Gasteiger charge is -2.08. The molecule has 18 heavy (non-hydrogen) atoms. The van der Waals surface area contributed by atoms with E-state index in [1.54, 1.807) is 36.4 Å². The Hall–Kier alpha value is -2.43. The smallest absolute Gasteiger partial charge is 0.307 e. The van der Waals surface area contributed by atoms with Crippen LogP contribution in [0.2, 0.25) is 0 Å². The van der Waals surface area contributed by atoms with E-state index in [4.69, 9.17) is 9.84 Å². The highest BCUT2D eigenvalue weighted by atomic mass is 16.5. The Morgan fingerprint density at radius 1 is 1.22 bits per heavy atom. The molecule has 2 aromatic rings. The van der Waals surface area contributed by atoms with Crippen molar-refractivity contribution in [2.75, 3.05) is 0 Å². The van der Waals surface area contributed by atoms with E-state index in [0.717, 1.165) is 5.69 Å². The van der Waals surface area contributed by atoms with Crippen LogP contribution in [0.25, 0.3) is 0 Å². The van der Waals surface area contributed by atoms with Crippen LogP contribution >= 0.6 is 0 Å². The number of aryl methyl sites for hydroxylation is 1. The summed E-state index contributed by atoms with van der Waals surface area (Å²) in [5, 5.41) is 16.6. The van der Waals surface area contributed by atoms with Crippen LogP contribution in [-0.4, -0.2) is 21.3 Å². The first-order valence-electron chi connectivity index (χ1n) is 5.43. The average molecular weight is 244 g/mol. The number of hydrogen-bond donors (Lipinski definition) is 1. The van der Waals surface area contributed by atoms with Gasteiger partial charge in [0, 0.05) is 11.6 Å². The summed E-state index contributed by atoms with van der Waals surface area (Å²) >= 11 is 0. The molecule has 92 valence electrons. The number of aromatic nitrogens is 2. The Kier molecular flexibility index (Phi) is 3.52. The first kappa shape index (κ1) is 12.0. The third-order valence-corrected chi connectivity index (χ3v) is 2.30. The van der Waals surface area contributed by atoms with Crippen LogP contribution in [0.4, 0.5) is 0 Å². The molecule has 0 aliphatic rings. The predicted molar refractivity (Wildman–Crippen MR) is 64.6 cm³/mol. The molecule has 0 amide bonds. The van der Waals surface area contributed by atoms with Crippen LogP contribution in [0.3, 0.4) is 0 Å². The SMILES string of the molecule is Cc1ccc(Oc2ccccc2CC(=O)O)nn1. The highest BCUT2D eigenvalue weighted by molar-refractivity contribution is 5.71. The van der Waals surface area contributed by atoms with Gasteiger partial charge in [-0.15, -0.1) is 5.10 Å². The zero-order valence-corrected chi connectivity index (χ0v) is 9.83. The Morgan fingerprint density at radius 2 is 2.00 bits per heavy atom. The molecule has 1 aromatic carbocycles. The van der Waals surface area contributed by atoms with Gasteiger partial charge in [0.05, 0.1) is 12.1 Å². The van der Waals surface area contributed by atoms with Gasteiger partial charge in [-0.25, -0.2) is 0 Å². The molecule has 0 radical (unpaired) electrons. The maximum Gasteiger partial charge on any atom is 0.307 e. The summed E-state index contributed by atoms with van der Waals surface area (Å²) in [6.07, 6.45) is -0.0878. The van der Waals surface area contributed by atoms with Gasteiger partial charge in [-0.2, -0.15) is 5.10 Å². The second kappa shape index (κ2) is 5.27. The maximum atomic E-state index is 10.7. The molecule has 0 unspecified atom stereocenters. The normalized spacial score (nSPS) is 10.1. The van der Waals surface area contributed by atoms with Gasteiger partial charge < -0.3 is 9.84 Å². The van der Waals surface area contributed by atoms with E-state index in [-0.39, 0.29) is 6.42 Å². The van der Waals surface area contributed by atoms with Crippen molar-refractivity contribution in [2.45, 2.75) is 13.3 Å². The monoisotopic (exact) mass is 244 g/mol. The lowest BCUT2D eigenvalue weighted by Crippen LogP contribution is -2.02. The fourth-order valence-corrected chi connectivity index (χ4v) is 1.47. The molecular weight excluding hydrogens is 232 g/mol. The van der Waals surface area contributed by atoms with Crippen molar-refractivity contribution in [3.05, 3.63) is 47.7 Å². The zero-order valence-electron chi connectivity index (χ0n) is 9.83. The molecule has 0 bridgehead atoms. The van der Waals surface area contributed by atoms with E-state index in [0.29, 0.717) is 17.2 Å². The Labute approximate surface area is 104 Å². The summed E-state index contributed by atoms with van der Waals surface area (Å²) in [7, 11) is 0. The minimum Gasteiger partial charge on any atom is -0.481 e.